The third kappa shape index (κ3) is 4.16. The maximum absolute atomic E-state index is 13.1. The van der Waals surface area contributed by atoms with Crippen molar-refractivity contribution in [3.8, 4) is 0 Å². The molecular weight excluding hydrogens is 293 g/mol. The van der Waals surface area contributed by atoms with Crippen molar-refractivity contribution in [2.75, 3.05) is 32.8 Å². The van der Waals surface area contributed by atoms with Crippen molar-refractivity contribution >= 4 is 0 Å². The Labute approximate surface area is 136 Å². The van der Waals surface area contributed by atoms with Gasteiger partial charge in [-0.05, 0) is 23.3 Å². The topological polar surface area (TPSA) is 32.7 Å². The van der Waals surface area contributed by atoms with Gasteiger partial charge in [-0.1, -0.05) is 42.5 Å². The normalized spacial score (nSPS) is 18.5. The van der Waals surface area contributed by atoms with Crippen LogP contribution in [0.3, 0.4) is 0 Å². The largest absolute Gasteiger partial charge is 0.388 e. The first kappa shape index (κ1) is 16.1. The lowest BCUT2D eigenvalue weighted by Crippen LogP contribution is -2.39. The van der Waals surface area contributed by atoms with Gasteiger partial charge in [0.1, 0.15) is 5.82 Å². The van der Waals surface area contributed by atoms with Crippen molar-refractivity contribution in [3.05, 3.63) is 71.5 Å². The summed E-state index contributed by atoms with van der Waals surface area (Å²) in [6, 6.07) is 16.1. The molecule has 1 aliphatic rings. The van der Waals surface area contributed by atoms with E-state index in [1.165, 1.54) is 12.1 Å². The fourth-order valence-electron chi connectivity index (χ4n) is 3.04. The maximum atomic E-state index is 13.1. The summed E-state index contributed by atoms with van der Waals surface area (Å²) in [5.41, 5.74) is 1.84. The van der Waals surface area contributed by atoms with Crippen LogP contribution in [0.4, 0.5) is 4.39 Å². The van der Waals surface area contributed by atoms with Crippen LogP contribution in [-0.2, 0) is 4.74 Å². The molecule has 2 atom stereocenters. The third-order valence-electron chi connectivity index (χ3n) is 4.38. The molecule has 0 unspecified atom stereocenters. The van der Waals surface area contributed by atoms with Crippen molar-refractivity contribution in [1.29, 1.82) is 0 Å². The van der Waals surface area contributed by atoms with Gasteiger partial charge >= 0.3 is 0 Å². The summed E-state index contributed by atoms with van der Waals surface area (Å²) in [5.74, 6) is -0.342. The van der Waals surface area contributed by atoms with Gasteiger partial charge < -0.3 is 9.84 Å². The number of hydrogen-bond donors (Lipinski definition) is 1. The molecule has 1 heterocycles. The number of rotatable bonds is 5. The number of aliphatic hydroxyl groups excluding tert-OH is 1. The van der Waals surface area contributed by atoms with Gasteiger partial charge in [-0.2, -0.15) is 0 Å². The number of ether oxygens (including phenoxy) is 1. The van der Waals surface area contributed by atoms with Gasteiger partial charge in [0, 0.05) is 25.6 Å². The monoisotopic (exact) mass is 315 g/mol. The first-order valence-electron chi connectivity index (χ1n) is 8.02. The number of benzene rings is 2. The summed E-state index contributed by atoms with van der Waals surface area (Å²) < 4.78 is 18.5. The van der Waals surface area contributed by atoms with E-state index < -0.39 is 6.10 Å². The van der Waals surface area contributed by atoms with Crippen LogP contribution in [0.15, 0.2) is 54.6 Å². The molecule has 0 spiro atoms. The van der Waals surface area contributed by atoms with Crippen molar-refractivity contribution in [1.82, 2.24) is 4.90 Å². The lowest BCUT2D eigenvalue weighted by Gasteiger charge is -2.33. The average molecular weight is 315 g/mol. The fraction of sp³-hybridized carbons (Fsp3) is 0.368. The van der Waals surface area contributed by atoms with Gasteiger partial charge in [0.05, 0.1) is 19.3 Å². The van der Waals surface area contributed by atoms with Crippen LogP contribution >= 0.6 is 0 Å². The highest BCUT2D eigenvalue weighted by molar-refractivity contribution is 5.27. The Morgan fingerprint density at radius 1 is 0.957 bits per heavy atom. The zero-order valence-corrected chi connectivity index (χ0v) is 13.1. The summed E-state index contributed by atoms with van der Waals surface area (Å²) in [4.78, 5) is 2.31. The summed E-state index contributed by atoms with van der Waals surface area (Å²) in [5, 5.41) is 10.9. The van der Waals surface area contributed by atoms with Crippen LogP contribution in [-0.4, -0.2) is 42.9 Å². The molecule has 1 fully saturated rings. The molecule has 23 heavy (non-hydrogen) atoms. The quantitative estimate of drug-likeness (QED) is 0.921. The van der Waals surface area contributed by atoms with Gasteiger partial charge in [-0.15, -0.1) is 0 Å². The van der Waals surface area contributed by atoms with E-state index in [0.717, 1.165) is 44.0 Å². The third-order valence-corrected chi connectivity index (χ3v) is 4.38. The number of morpholine rings is 1. The van der Waals surface area contributed by atoms with Gasteiger partial charge in [0.15, 0.2) is 0 Å². The first-order chi connectivity index (χ1) is 11.2. The molecule has 1 aliphatic heterocycles. The molecule has 1 N–H and O–H groups in total. The summed E-state index contributed by atoms with van der Waals surface area (Å²) in [6.45, 7) is 3.97. The molecule has 1 saturated heterocycles. The molecule has 122 valence electrons. The standard InChI is InChI=1S/C19H22FNO2/c20-17-8-6-16(7-9-17)19(22)18(15-4-2-1-3-5-15)14-21-10-12-23-13-11-21/h1-9,18-19,22H,10-14H2/t18-,19+/m0/s1. The zero-order valence-electron chi connectivity index (χ0n) is 13.1. The lowest BCUT2D eigenvalue weighted by molar-refractivity contribution is 0.0240. The molecule has 2 aromatic carbocycles. The van der Waals surface area contributed by atoms with E-state index in [9.17, 15) is 9.50 Å². The summed E-state index contributed by atoms with van der Waals surface area (Å²) in [6.07, 6.45) is -0.666. The Bertz CT molecular complexity index is 597. The van der Waals surface area contributed by atoms with Gasteiger partial charge in [-0.25, -0.2) is 4.39 Å². The lowest BCUT2D eigenvalue weighted by atomic mass is 9.88. The average Bonchev–Trinajstić information content (AvgIpc) is 2.61. The molecule has 0 amide bonds. The molecule has 3 rings (SSSR count). The van der Waals surface area contributed by atoms with E-state index in [2.05, 4.69) is 4.90 Å². The van der Waals surface area contributed by atoms with Crippen LogP contribution in [0.5, 0.6) is 0 Å². The Kier molecular flexibility index (Phi) is 5.39. The minimum absolute atomic E-state index is 0.0558. The van der Waals surface area contributed by atoms with Gasteiger partial charge in [-0.3, -0.25) is 4.90 Å². The van der Waals surface area contributed by atoms with Gasteiger partial charge in [0.2, 0.25) is 0 Å². The van der Waals surface area contributed by atoms with Crippen molar-refractivity contribution in [2.45, 2.75) is 12.0 Å². The Morgan fingerprint density at radius 2 is 1.61 bits per heavy atom. The highest BCUT2D eigenvalue weighted by Gasteiger charge is 2.26. The Hall–Kier alpha value is -1.75. The van der Waals surface area contributed by atoms with E-state index in [4.69, 9.17) is 4.74 Å². The predicted molar refractivity (Wildman–Crippen MR) is 87.8 cm³/mol. The maximum Gasteiger partial charge on any atom is 0.123 e. The van der Waals surface area contributed by atoms with Crippen molar-refractivity contribution in [2.24, 2.45) is 0 Å². The first-order valence-corrected chi connectivity index (χ1v) is 8.02. The molecule has 0 aromatic heterocycles. The highest BCUT2D eigenvalue weighted by atomic mass is 19.1. The van der Waals surface area contributed by atoms with E-state index in [1.807, 2.05) is 30.3 Å². The van der Waals surface area contributed by atoms with Crippen LogP contribution < -0.4 is 0 Å². The second-order valence-electron chi connectivity index (χ2n) is 5.93. The van der Waals surface area contributed by atoms with Crippen LogP contribution in [0.25, 0.3) is 0 Å². The Morgan fingerprint density at radius 3 is 2.26 bits per heavy atom. The van der Waals surface area contributed by atoms with Crippen LogP contribution in [0, 0.1) is 5.82 Å². The molecule has 4 heteroatoms. The Balaban J connectivity index is 1.83. The minimum Gasteiger partial charge on any atom is -0.388 e. The van der Waals surface area contributed by atoms with Gasteiger partial charge in [0.25, 0.3) is 0 Å². The van der Waals surface area contributed by atoms with Crippen LogP contribution in [0.1, 0.15) is 23.1 Å². The van der Waals surface area contributed by atoms with E-state index in [-0.39, 0.29) is 11.7 Å². The van der Waals surface area contributed by atoms with Crippen molar-refractivity contribution in [3.63, 3.8) is 0 Å². The summed E-state index contributed by atoms with van der Waals surface area (Å²) >= 11 is 0. The SMILES string of the molecule is O[C@H](c1ccc(F)cc1)[C@@H](CN1CCOCC1)c1ccccc1. The molecule has 0 saturated carbocycles. The molecule has 0 radical (unpaired) electrons. The smallest absolute Gasteiger partial charge is 0.123 e. The van der Waals surface area contributed by atoms with E-state index >= 15 is 0 Å². The van der Waals surface area contributed by atoms with E-state index in [0.29, 0.717) is 0 Å². The molecule has 2 aromatic rings. The summed E-state index contributed by atoms with van der Waals surface area (Å²) in [7, 11) is 0. The molecule has 0 aliphatic carbocycles. The van der Waals surface area contributed by atoms with Crippen LogP contribution in [0.2, 0.25) is 0 Å². The molecule has 3 nitrogen and oxygen atoms in total. The molecular formula is C19H22FNO2. The molecule has 0 bridgehead atoms. The number of nitrogens with zero attached hydrogens (tertiary/aromatic N) is 1. The number of halogens is 1. The second-order valence-corrected chi connectivity index (χ2v) is 5.93. The second kappa shape index (κ2) is 7.68. The van der Waals surface area contributed by atoms with Crippen molar-refractivity contribution < 1.29 is 14.2 Å². The zero-order chi connectivity index (χ0) is 16.1. The predicted octanol–water partition coefficient (Wildman–Crippen LogP) is 2.98. The highest BCUT2D eigenvalue weighted by Crippen LogP contribution is 2.32. The van der Waals surface area contributed by atoms with E-state index in [1.54, 1.807) is 12.1 Å². The number of hydrogen-bond acceptors (Lipinski definition) is 3. The minimum atomic E-state index is -0.666. The number of aliphatic hydroxyl groups is 1. The fourth-order valence-corrected chi connectivity index (χ4v) is 3.04.